The summed E-state index contributed by atoms with van der Waals surface area (Å²) in [5.41, 5.74) is 2.52. The summed E-state index contributed by atoms with van der Waals surface area (Å²) >= 11 is 0. The van der Waals surface area contributed by atoms with Crippen LogP contribution in [0.1, 0.15) is 17.3 Å². The van der Waals surface area contributed by atoms with E-state index in [2.05, 4.69) is 10.6 Å². The molecule has 0 aliphatic rings. The van der Waals surface area contributed by atoms with Crippen LogP contribution in [0.15, 0.2) is 65.1 Å². The summed E-state index contributed by atoms with van der Waals surface area (Å²) < 4.78 is 51.5. The highest BCUT2D eigenvalue weighted by molar-refractivity contribution is 7.92. The van der Waals surface area contributed by atoms with Crippen LogP contribution in [0.3, 0.4) is 0 Å². The van der Waals surface area contributed by atoms with Crippen molar-refractivity contribution in [2.45, 2.75) is 6.92 Å². The number of benzene rings is 3. The standard InChI is InChI=1S/C26H26FN3O5S/c1-5-30(36(4,32)33)21-15-22-18(14-23(21)34-3)24(26(31)28-2)25(35-22)16-10-12-17(13-11-16)29-20-9-7-6-8-19(20)27/h6-15,29H,5H2,1-4H3,(H,28,31). The smallest absolute Gasteiger partial charge is 0.255 e. The van der Waals surface area contributed by atoms with Crippen LogP contribution in [0.4, 0.5) is 21.5 Å². The fraction of sp³-hybridized carbons (Fsp3) is 0.192. The number of halogens is 1. The molecule has 0 aliphatic carbocycles. The predicted octanol–water partition coefficient (Wildman–Crippen LogP) is 5.14. The molecule has 0 atom stereocenters. The molecule has 0 radical (unpaired) electrons. The van der Waals surface area contributed by atoms with Crippen molar-refractivity contribution in [1.82, 2.24) is 5.32 Å². The highest BCUT2D eigenvalue weighted by Gasteiger charge is 2.26. The molecular weight excluding hydrogens is 485 g/mol. The highest BCUT2D eigenvalue weighted by Crippen LogP contribution is 2.41. The molecule has 1 amide bonds. The van der Waals surface area contributed by atoms with E-state index in [-0.39, 0.29) is 29.6 Å². The largest absolute Gasteiger partial charge is 0.495 e. The Labute approximate surface area is 208 Å². The minimum Gasteiger partial charge on any atom is -0.495 e. The van der Waals surface area contributed by atoms with Gasteiger partial charge in [0.05, 0.1) is 30.3 Å². The lowest BCUT2D eigenvalue weighted by Gasteiger charge is -2.22. The monoisotopic (exact) mass is 511 g/mol. The van der Waals surface area contributed by atoms with Crippen molar-refractivity contribution >= 4 is 44.0 Å². The first-order chi connectivity index (χ1) is 17.2. The molecule has 1 heterocycles. The number of sulfonamides is 1. The zero-order valence-corrected chi connectivity index (χ0v) is 21.1. The molecule has 3 aromatic carbocycles. The summed E-state index contributed by atoms with van der Waals surface area (Å²) in [7, 11) is -0.633. The van der Waals surface area contributed by atoms with Gasteiger partial charge in [0, 0.05) is 36.3 Å². The van der Waals surface area contributed by atoms with Gasteiger partial charge in [-0.1, -0.05) is 12.1 Å². The number of fused-ring (bicyclic) bond motifs is 1. The number of amides is 1. The summed E-state index contributed by atoms with van der Waals surface area (Å²) in [5.74, 6) is -0.150. The minimum atomic E-state index is -3.58. The van der Waals surface area contributed by atoms with Crippen molar-refractivity contribution in [3.8, 4) is 17.1 Å². The summed E-state index contributed by atoms with van der Waals surface area (Å²) in [6.07, 6.45) is 1.11. The number of hydrogen-bond acceptors (Lipinski definition) is 6. The average Bonchev–Trinajstić information content (AvgIpc) is 3.22. The Balaban J connectivity index is 1.83. The Hall–Kier alpha value is -4.05. The van der Waals surface area contributed by atoms with Gasteiger partial charge in [0.25, 0.3) is 5.91 Å². The zero-order chi connectivity index (χ0) is 26.0. The molecular formula is C26H26FN3O5S. The molecule has 188 valence electrons. The number of furan rings is 1. The second kappa shape index (κ2) is 9.90. The lowest BCUT2D eigenvalue weighted by molar-refractivity contribution is 0.0964. The lowest BCUT2D eigenvalue weighted by atomic mass is 10.0. The van der Waals surface area contributed by atoms with Gasteiger partial charge in [-0.05, 0) is 49.4 Å². The summed E-state index contributed by atoms with van der Waals surface area (Å²) in [6.45, 7) is 1.90. The molecule has 4 rings (SSSR count). The van der Waals surface area contributed by atoms with Gasteiger partial charge in [0.1, 0.15) is 22.9 Å². The Morgan fingerprint density at radius 3 is 2.39 bits per heavy atom. The summed E-state index contributed by atoms with van der Waals surface area (Å²) in [5, 5.41) is 6.12. The predicted molar refractivity (Wildman–Crippen MR) is 139 cm³/mol. The van der Waals surface area contributed by atoms with E-state index in [1.807, 2.05) is 0 Å². The molecule has 4 aromatic rings. The molecule has 1 aromatic heterocycles. The van der Waals surface area contributed by atoms with Crippen molar-refractivity contribution in [1.29, 1.82) is 0 Å². The number of anilines is 3. The molecule has 0 fully saturated rings. The molecule has 0 spiro atoms. The number of ether oxygens (including phenoxy) is 1. The first kappa shape index (κ1) is 25.1. The van der Waals surface area contributed by atoms with Gasteiger partial charge in [0.2, 0.25) is 10.0 Å². The summed E-state index contributed by atoms with van der Waals surface area (Å²) in [4.78, 5) is 12.9. The Kier molecular flexibility index (Phi) is 6.89. The Bertz CT molecular complexity index is 1530. The molecule has 0 saturated heterocycles. The third-order valence-electron chi connectivity index (χ3n) is 5.70. The van der Waals surface area contributed by atoms with E-state index < -0.39 is 10.0 Å². The second-order valence-electron chi connectivity index (χ2n) is 8.02. The number of carbonyl (C=O) groups excluding carboxylic acids is 1. The van der Waals surface area contributed by atoms with Crippen molar-refractivity contribution in [3.05, 3.63) is 72.0 Å². The van der Waals surface area contributed by atoms with Crippen LogP contribution in [0.5, 0.6) is 5.75 Å². The minimum absolute atomic E-state index is 0.188. The fourth-order valence-electron chi connectivity index (χ4n) is 4.03. The van der Waals surface area contributed by atoms with Crippen molar-refractivity contribution in [2.24, 2.45) is 0 Å². The number of hydrogen-bond donors (Lipinski definition) is 2. The van der Waals surface area contributed by atoms with Crippen LogP contribution in [-0.4, -0.2) is 41.3 Å². The Morgan fingerprint density at radius 2 is 1.81 bits per heavy atom. The average molecular weight is 512 g/mol. The SMILES string of the molecule is CCN(c1cc2oc(-c3ccc(Nc4ccccc4F)cc3)c(C(=O)NC)c2cc1OC)S(C)(=O)=O. The van der Waals surface area contributed by atoms with E-state index in [1.54, 1.807) is 61.5 Å². The van der Waals surface area contributed by atoms with Gasteiger partial charge < -0.3 is 19.8 Å². The molecule has 0 unspecified atom stereocenters. The van der Waals surface area contributed by atoms with Gasteiger partial charge in [-0.15, -0.1) is 0 Å². The number of methoxy groups -OCH3 is 1. The number of para-hydroxylation sites is 1. The quantitative estimate of drug-likeness (QED) is 0.340. The van der Waals surface area contributed by atoms with E-state index in [4.69, 9.17) is 9.15 Å². The number of rotatable bonds is 8. The zero-order valence-electron chi connectivity index (χ0n) is 20.3. The first-order valence-corrected chi connectivity index (χ1v) is 13.0. The molecule has 8 nitrogen and oxygen atoms in total. The fourth-order valence-corrected chi connectivity index (χ4v) is 5.00. The van der Waals surface area contributed by atoms with Crippen molar-refractivity contribution in [2.75, 3.05) is 36.6 Å². The second-order valence-corrected chi connectivity index (χ2v) is 9.92. The number of nitrogens with one attached hydrogen (secondary N) is 2. The maximum absolute atomic E-state index is 14.0. The Morgan fingerprint density at radius 1 is 1.11 bits per heavy atom. The number of carbonyl (C=O) groups is 1. The van der Waals surface area contributed by atoms with E-state index in [1.165, 1.54) is 24.5 Å². The topological polar surface area (TPSA) is 101 Å². The van der Waals surface area contributed by atoms with Gasteiger partial charge in [-0.3, -0.25) is 9.10 Å². The number of nitrogens with zero attached hydrogens (tertiary/aromatic N) is 1. The van der Waals surface area contributed by atoms with Crippen LogP contribution in [0.25, 0.3) is 22.3 Å². The molecule has 2 N–H and O–H groups in total. The van der Waals surface area contributed by atoms with Crippen LogP contribution in [0, 0.1) is 5.82 Å². The lowest BCUT2D eigenvalue weighted by Crippen LogP contribution is -2.29. The van der Waals surface area contributed by atoms with Gasteiger partial charge in [-0.2, -0.15) is 0 Å². The molecule has 10 heteroatoms. The van der Waals surface area contributed by atoms with Gasteiger partial charge in [-0.25, -0.2) is 12.8 Å². The molecule has 36 heavy (non-hydrogen) atoms. The van der Waals surface area contributed by atoms with E-state index >= 15 is 0 Å². The highest BCUT2D eigenvalue weighted by atomic mass is 32.2. The third-order valence-corrected chi connectivity index (χ3v) is 6.96. The van der Waals surface area contributed by atoms with E-state index in [0.29, 0.717) is 39.4 Å². The first-order valence-electron chi connectivity index (χ1n) is 11.1. The molecule has 0 saturated carbocycles. The van der Waals surface area contributed by atoms with Crippen LogP contribution in [0.2, 0.25) is 0 Å². The van der Waals surface area contributed by atoms with Crippen LogP contribution in [-0.2, 0) is 10.0 Å². The van der Waals surface area contributed by atoms with E-state index in [0.717, 1.165) is 6.26 Å². The van der Waals surface area contributed by atoms with Gasteiger partial charge >= 0.3 is 0 Å². The molecule has 0 aliphatic heterocycles. The van der Waals surface area contributed by atoms with Crippen molar-refractivity contribution in [3.63, 3.8) is 0 Å². The van der Waals surface area contributed by atoms with Crippen molar-refractivity contribution < 1.29 is 26.8 Å². The maximum Gasteiger partial charge on any atom is 0.255 e. The van der Waals surface area contributed by atoms with Crippen LogP contribution < -0.4 is 19.7 Å². The molecule has 0 bridgehead atoms. The van der Waals surface area contributed by atoms with Gasteiger partial charge in [0.15, 0.2) is 0 Å². The maximum atomic E-state index is 14.0. The summed E-state index contributed by atoms with van der Waals surface area (Å²) in [6, 6.07) is 16.5. The van der Waals surface area contributed by atoms with E-state index in [9.17, 15) is 17.6 Å². The normalized spacial score (nSPS) is 11.4. The van der Waals surface area contributed by atoms with Crippen LogP contribution >= 0.6 is 0 Å². The third kappa shape index (κ3) is 4.72.